The Bertz CT molecular complexity index is 525. The van der Waals surface area contributed by atoms with Crippen molar-refractivity contribution in [3.05, 3.63) is 54.0 Å². The maximum Gasteiger partial charge on any atom is 0.323 e. The quantitative estimate of drug-likeness (QED) is 0.825. The van der Waals surface area contributed by atoms with Crippen LogP contribution < -0.4 is 5.73 Å². The number of hydrogen-bond donors (Lipinski definition) is 2. The van der Waals surface area contributed by atoms with E-state index in [9.17, 15) is 4.79 Å². The van der Waals surface area contributed by atoms with E-state index in [4.69, 9.17) is 20.0 Å². The van der Waals surface area contributed by atoms with Crippen LogP contribution in [0.15, 0.2) is 47.3 Å². The topological polar surface area (TPSA) is 85.7 Å². The van der Waals surface area contributed by atoms with Gasteiger partial charge in [0.05, 0.1) is 12.5 Å². The first-order valence-corrected chi connectivity index (χ1v) is 5.86. The fraction of sp³-hybridized carbons (Fsp3) is 0.214. The second-order valence-corrected chi connectivity index (χ2v) is 4.22. The highest BCUT2D eigenvalue weighted by Gasteiger charge is 2.16. The molecule has 0 unspecified atom stereocenters. The van der Waals surface area contributed by atoms with Crippen LogP contribution in [0.3, 0.4) is 0 Å². The van der Waals surface area contributed by atoms with Crippen molar-refractivity contribution < 1.29 is 19.1 Å². The maximum atomic E-state index is 11.7. The standard InChI is InChI=1S/C14H15NO4.ClH/c15-13(7-10-1-3-12(16)4-2-10)14(17)19-9-11-5-6-18-8-11;/h1-6,8,13,16H,7,9,15H2;1H/t13-;/m0./s1. The lowest BCUT2D eigenvalue weighted by atomic mass is 10.1. The molecular formula is C14H16ClNO4. The van der Waals surface area contributed by atoms with Crippen LogP contribution in [0.2, 0.25) is 0 Å². The molecule has 0 bridgehead atoms. The number of phenolic OH excluding ortho intramolecular Hbond substituents is 1. The summed E-state index contributed by atoms with van der Waals surface area (Å²) in [4.78, 5) is 11.7. The van der Waals surface area contributed by atoms with Crippen LogP contribution in [-0.4, -0.2) is 17.1 Å². The molecule has 5 nitrogen and oxygen atoms in total. The maximum absolute atomic E-state index is 11.7. The number of nitrogens with two attached hydrogens (primary N) is 1. The van der Waals surface area contributed by atoms with Gasteiger partial charge in [0.15, 0.2) is 0 Å². The van der Waals surface area contributed by atoms with Gasteiger partial charge in [-0.2, -0.15) is 0 Å². The predicted molar refractivity (Wildman–Crippen MR) is 75.5 cm³/mol. The molecule has 108 valence electrons. The minimum Gasteiger partial charge on any atom is -0.508 e. The summed E-state index contributed by atoms with van der Waals surface area (Å²) in [6, 6.07) is 7.55. The Kier molecular flexibility index (Phi) is 6.09. The van der Waals surface area contributed by atoms with E-state index in [-0.39, 0.29) is 24.8 Å². The molecule has 0 amide bonds. The fourth-order valence-electron chi connectivity index (χ4n) is 1.61. The molecule has 0 aliphatic heterocycles. The Morgan fingerprint density at radius 1 is 1.25 bits per heavy atom. The number of ether oxygens (including phenoxy) is 1. The van der Waals surface area contributed by atoms with Crippen molar-refractivity contribution in [1.29, 1.82) is 0 Å². The van der Waals surface area contributed by atoms with Gasteiger partial charge in [-0.25, -0.2) is 0 Å². The first-order chi connectivity index (χ1) is 9.15. The van der Waals surface area contributed by atoms with Gasteiger partial charge < -0.3 is 20.0 Å². The molecule has 0 saturated carbocycles. The number of benzene rings is 1. The van der Waals surface area contributed by atoms with E-state index in [0.717, 1.165) is 11.1 Å². The summed E-state index contributed by atoms with van der Waals surface area (Å²) in [6.45, 7) is 0.151. The average molecular weight is 298 g/mol. The molecule has 0 saturated heterocycles. The van der Waals surface area contributed by atoms with Crippen molar-refractivity contribution in [2.75, 3.05) is 0 Å². The normalized spacial score (nSPS) is 11.4. The number of carbonyl (C=O) groups excluding carboxylic acids is 1. The number of hydrogen-bond acceptors (Lipinski definition) is 5. The number of esters is 1. The van der Waals surface area contributed by atoms with Gasteiger partial charge in [0.1, 0.15) is 18.4 Å². The highest BCUT2D eigenvalue weighted by atomic mass is 35.5. The van der Waals surface area contributed by atoms with Crippen molar-refractivity contribution in [2.45, 2.75) is 19.1 Å². The van der Waals surface area contributed by atoms with Crippen molar-refractivity contribution in [3.63, 3.8) is 0 Å². The molecule has 1 aromatic heterocycles. The van der Waals surface area contributed by atoms with Crippen LogP contribution >= 0.6 is 12.4 Å². The lowest BCUT2D eigenvalue weighted by Crippen LogP contribution is -2.34. The number of carbonyl (C=O) groups is 1. The van der Waals surface area contributed by atoms with Gasteiger partial charge in [-0.1, -0.05) is 12.1 Å². The Hall–Kier alpha value is -1.98. The number of halogens is 1. The molecule has 1 aromatic carbocycles. The lowest BCUT2D eigenvalue weighted by Gasteiger charge is -2.11. The predicted octanol–water partition coefficient (Wildman–Crippen LogP) is 2.02. The first-order valence-electron chi connectivity index (χ1n) is 5.86. The number of phenols is 1. The van der Waals surface area contributed by atoms with Gasteiger partial charge in [-0.15, -0.1) is 12.4 Å². The van der Waals surface area contributed by atoms with E-state index in [1.807, 2.05) is 0 Å². The lowest BCUT2D eigenvalue weighted by molar-refractivity contribution is -0.146. The minimum atomic E-state index is -0.726. The van der Waals surface area contributed by atoms with Gasteiger partial charge in [-0.3, -0.25) is 4.79 Å². The van der Waals surface area contributed by atoms with Crippen molar-refractivity contribution in [2.24, 2.45) is 5.73 Å². The highest BCUT2D eigenvalue weighted by molar-refractivity contribution is 5.85. The molecule has 0 aliphatic carbocycles. The summed E-state index contributed by atoms with van der Waals surface area (Å²) in [5.41, 5.74) is 7.42. The number of rotatable bonds is 5. The second-order valence-electron chi connectivity index (χ2n) is 4.22. The summed E-state index contributed by atoms with van der Waals surface area (Å²) in [6.07, 6.45) is 3.39. The van der Waals surface area contributed by atoms with Crippen molar-refractivity contribution in [1.82, 2.24) is 0 Å². The van der Waals surface area contributed by atoms with Crippen LogP contribution in [-0.2, 0) is 22.6 Å². The van der Waals surface area contributed by atoms with E-state index < -0.39 is 12.0 Å². The molecule has 0 spiro atoms. The third-order valence-electron chi connectivity index (χ3n) is 2.66. The van der Waals surface area contributed by atoms with E-state index >= 15 is 0 Å². The van der Waals surface area contributed by atoms with Crippen molar-refractivity contribution in [3.8, 4) is 5.75 Å². The van der Waals surface area contributed by atoms with Gasteiger partial charge in [0.2, 0.25) is 0 Å². The summed E-state index contributed by atoms with van der Waals surface area (Å²) in [7, 11) is 0. The number of furan rings is 1. The molecule has 0 fully saturated rings. The van der Waals surface area contributed by atoms with Crippen molar-refractivity contribution >= 4 is 18.4 Å². The van der Waals surface area contributed by atoms with Crippen LogP contribution in [0.5, 0.6) is 5.75 Å². The molecule has 2 aromatic rings. The highest BCUT2D eigenvalue weighted by Crippen LogP contribution is 2.11. The van der Waals surface area contributed by atoms with E-state index in [1.54, 1.807) is 30.3 Å². The molecule has 1 heterocycles. The molecule has 1 atom stereocenters. The minimum absolute atomic E-state index is 0. The zero-order valence-corrected chi connectivity index (χ0v) is 11.5. The average Bonchev–Trinajstić information content (AvgIpc) is 2.91. The smallest absolute Gasteiger partial charge is 0.323 e. The van der Waals surface area contributed by atoms with Gasteiger partial charge in [-0.05, 0) is 30.2 Å². The summed E-state index contributed by atoms with van der Waals surface area (Å²) in [5, 5.41) is 9.16. The zero-order valence-electron chi connectivity index (χ0n) is 10.7. The molecule has 0 aliphatic rings. The van der Waals surface area contributed by atoms with Crippen LogP contribution in [0.4, 0.5) is 0 Å². The SMILES string of the molecule is Cl.N[C@@H](Cc1ccc(O)cc1)C(=O)OCc1ccoc1. The van der Waals surface area contributed by atoms with Crippen LogP contribution in [0, 0.1) is 0 Å². The third-order valence-corrected chi connectivity index (χ3v) is 2.66. The van der Waals surface area contributed by atoms with Crippen LogP contribution in [0.25, 0.3) is 0 Å². The summed E-state index contributed by atoms with van der Waals surface area (Å²) >= 11 is 0. The summed E-state index contributed by atoms with van der Waals surface area (Å²) in [5.74, 6) is -0.283. The third kappa shape index (κ3) is 4.60. The first kappa shape index (κ1) is 16.1. The van der Waals surface area contributed by atoms with Gasteiger partial charge in [0.25, 0.3) is 0 Å². The fourth-order valence-corrected chi connectivity index (χ4v) is 1.61. The Balaban J connectivity index is 0.00000200. The van der Waals surface area contributed by atoms with E-state index in [2.05, 4.69) is 0 Å². The molecule has 0 radical (unpaired) electrons. The van der Waals surface area contributed by atoms with Crippen LogP contribution in [0.1, 0.15) is 11.1 Å². The van der Waals surface area contributed by atoms with Gasteiger partial charge >= 0.3 is 5.97 Å². The van der Waals surface area contributed by atoms with E-state index in [1.165, 1.54) is 12.5 Å². The zero-order chi connectivity index (χ0) is 13.7. The Morgan fingerprint density at radius 2 is 1.95 bits per heavy atom. The molecule has 2 rings (SSSR count). The number of aromatic hydroxyl groups is 1. The monoisotopic (exact) mass is 297 g/mol. The Morgan fingerprint density at radius 3 is 2.55 bits per heavy atom. The molecule has 20 heavy (non-hydrogen) atoms. The molecule has 3 N–H and O–H groups in total. The Labute approximate surface area is 122 Å². The molecular weight excluding hydrogens is 282 g/mol. The van der Waals surface area contributed by atoms with E-state index in [0.29, 0.717) is 6.42 Å². The second kappa shape index (κ2) is 7.57. The van der Waals surface area contributed by atoms with Gasteiger partial charge in [0, 0.05) is 5.56 Å². The largest absolute Gasteiger partial charge is 0.508 e. The molecule has 6 heteroatoms. The summed E-state index contributed by atoms with van der Waals surface area (Å²) < 4.78 is 9.94.